The number of carbonyl (C=O) groups excluding carboxylic acids is 1. The van der Waals surface area contributed by atoms with E-state index in [-0.39, 0.29) is 11.5 Å². The van der Waals surface area contributed by atoms with Crippen molar-refractivity contribution in [1.82, 2.24) is 0 Å². The lowest BCUT2D eigenvalue weighted by molar-refractivity contribution is 0.104. The standard InChI is InChI=1S/C19H20O6/c1-22-14-7-5-12(6-8-14)15(20)11-16(21)13-9-17(23-2)19(25-4)18(10-13)24-3/h5-11,21H,1-4H3/b16-11+. The molecule has 0 spiro atoms. The van der Waals surface area contributed by atoms with Gasteiger partial charge in [0.05, 0.1) is 28.4 Å². The molecule has 6 heteroatoms. The zero-order valence-electron chi connectivity index (χ0n) is 14.5. The van der Waals surface area contributed by atoms with Gasteiger partial charge < -0.3 is 24.1 Å². The molecule has 0 fully saturated rings. The number of allylic oxidation sites excluding steroid dienone is 1. The van der Waals surface area contributed by atoms with Crippen molar-refractivity contribution in [1.29, 1.82) is 0 Å². The number of ether oxygens (including phenoxy) is 4. The van der Waals surface area contributed by atoms with E-state index in [0.29, 0.717) is 34.1 Å². The molecule has 0 saturated heterocycles. The van der Waals surface area contributed by atoms with Gasteiger partial charge in [-0.2, -0.15) is 0 Å². The van der Waals surface area contributed by atoms with E-state index in [2.05, 4.69) is 0 Å². The quantitative estimate of drug-likeness (QED) is 0.471. The predicted octanol–water partition coefficient (Wildman–Crippen LogP) is 3.50. The average Bonchev–Trinajstić information content (AvgIpc) is 2.66. The Morgan fingerprint density at radius 2 is 1.40 bits per heavy atom. The Morgan fingerprint density at radius 1 is 0.840 bits per heavy atom. The van der Waals surface area contributed by atoms with Crippen molar-refractivity contribution in [3.8, 4) is 23.0 Å². The fraction of sp³-hybridized carbons (Fsp3) is 0.211. The number of benzene rings is 2. The van der Waals surface area contributed by atoms with Crippen LogP contribution in [0.4, 0.5) is 0 Å². The Bertz CT molecular complexity index is 752. The van der Waals surface area contributed by atoms with Crippen LogP contribution in [0, 0.1) is 0 Å². The average molecular weight is 344 g/mol. The molecule has 0 aliphatic rings. The number of aliphatic hydroxyl groups excluding tert-OH is 1. The van der Waals surface area contributed by atoms with Crippen molar-refractivity contribution >= 4 is 11.5 Å². The van der Waals surface area contributed by atoms with Gasteiger partial charge in [-0.15, -0.1) is 0 Å². The molecule has 0 amide bonds. The van der Waals surface area contributed by atoms with E-state index >= 15 is 0 Å². The van der Waals surface area contributed by atoms with Gasteiger partial charge in [0.25, 0.3) is 0 Å². The first-order chi connectivity index (χ1) is 12.0. The number of carbonyl (C=O) groups is 1. The number of ketones is 1. The van der Waals surface area contributed by atoms with E-state index in [4.69, 9.17) is 18.9 Å². The van der Waals surface area contributed by atoms with Gasteiger partial charge in [0, 0.05) is 17.2 Å². The summed E-state index contributed by atoms with van der Waals surface area (Å²) in [6, 6.07) is 9.73. The van der Waals surface area contributed by atoms with Crippen molar-refractivity contribution in [2.24, 2.45) is 0 Å². The molecular weight excluding hydrogens is 324 g/mol. The van der Waals surface area contributed by atoms with Crippen LogP contribution in [-0.4, -0.2) is 39.3 Å². The molecule has 0 bridgehead atoms. The van der Waals surface area contributed by atoms with E-state index in [0.717, 1.165) is 6.08 Å². The number of hydrogen-bond donors (Lipinski definition) is 1. The van der Waals surface area contributed by atoms with Crippen molar-refractivity contribution < 1.29 is 28.8 Å². The maximum absolute atomic E-state index is 12.3. The third kappa shape index (κ3) is 4.03. The Labute approximate surface area is 146 Å². The summed E-state index contributed by atoms with van der Waals surface area (Å²) in [5.74, 6) is 1.27. The highest BCUT2D eigenvalue weighted by Gasteiger charge is 2.15. The Kier molecular flexibility index (Phi) is 5.89. The summed E-state index contributed by atoms with van der Waals surface area (Å²) in [6.45, 7) is 0. The van der Waals surface area contributed by atoms with Crippen LogP contribution in [0.25, 0.3) is 5.76 Å². The number of methoxy groups -OCH3 is 4. The molecule has 0 unspecified atom stereocenters. The van der Waals surface area contributed by atoms with Gasteiger partial charge in [-0.25, -0.2) is 0 Å². The van der Waals surface area contributed by atoms with Crippen LogP contribution < -0.4 is 18.9 Å². The number of aliphatic hydroxyl groups is 1. The second kappa shape index (κ2) is 8.10. The predicted molar refractivity (Wildman–Crippen MR) is 94.0 cm³/mol. The summed E-state index contributed by atoms with van der Waals surface area (Å²) in [5, 5.41) is 10.3. The fourth-order valence-electron chi connectivity index (χ4n) is 2.28. The van der Waals surface area contributed by atoms with Gasteiger partial charge in [-0.1, -0.05) is 0 Å². The lowest BCUT2D eigenvalue weighted by Gasteiger charge is -2.13. The van der Waals surface area contributed by atoms with Gasteiger partial charge in [0.2, 0.25) is 5.75 Å². The SMILES string of the molecule is COc1ccc(C(=O)/C=C(/O)c2cc(OC)c(OC)c(OC)c2)cc1. The van der Waals surface area contributed by atoms with E-state index in [1.807, 2.05) is 0 Å². The van der Waals surface area contributed by atoms with E-state index in [1.165, 1.54) is 21.3 Å². The van der Waals surface area contributed by atoms with Crippen molar-refractivity contribution in [2.45, 2.75) is 0 Å². The normalized spacial score (nSPS) is 11.0. The van der Waals surface area contributed by atoms with Crippen LogP contribution >= 0.6 is 0 Å². The van der Waals surface area contributed by atoms with E-state index < -0.39 is 0 Å². The van der Waals surface area contributed by atoms with Gasteiger partial charge in [-0.05, 0) is 36.4 Å². The van der Waals surface area contributed by atoms with Crippen LogP contribution in [0.1, 0.15) is 15.9 Å². The summed E-state index contributed by atoms with van der Waals surface area (Å²) in [4.78, 5) is 12.3. The first-order valence-electron chi connectivity index (χ1n) is 7.43. The minimum Gasteiger partial charge on any atom is -0.507 e. The fourth-order valence-corrected chi connectivity index (χ4v) is 2.28. The topological polar surface area (TPSA) is 74.2 Å². The zero-order chi connectivity index (χ0) is 18.4. The molecule has 0 heterocycles. The molecule has 2 aromatic rings. The lowest BCUT2D eigenvalue weighted by atomic mass is 10.1. The maximum atomic E-state index is 12.3. The Morgan fingerprint density at radius 3 is 1.84 bits per heavy atom. The summed E-state index contributed by atoms with van der Waals surface area (Å²) < 4.78 is 20.8. The Balaban J connectivity index is 2.36. The molecule has 0 aromatic heterocycles. The molecule has 2 rings (SSSR count). The van der Waals surface area contributed by atoms with Crippen LogP contribution in [0.3, 0.4) is 0 Å². The maximum Gasteiger partial charge on any atom is 0.203 e. The highest BCUT2D eigenvalue weighted by Crippen LogP contribution is 2.39. The second-order valence-corrected chi connectivity index (χ2v) is 5.04. The molecule has 0 saturated carbocycles. The summed E-state index contributed by atoms with van der Waals surface area (Å²) in [5.41, 5.74) is 0.802. The minimum atomic E-state index is -0.339. The second-order valence-electron chi connectivity index (χ2n) is 5.04. The summed E-state index contributed by atoms with van der Waals surface area (Å²) in [7, 11) is 5.99. The summed E-state index contributed by atoms with van der Waals surface area (Å²) in [6.07, 6.45) is 1.14. The number of hydrogen-bond acceptors (Lipinski definition) is 6. The monoisotopic (exact) mass is 344 g/mol. The first-order valence-corrected chi connectivity index (χ1v) is 7.43. The van der Waals surface area contributed by atoms with Crippen LogP contribution in [-0.2, 0) is 0 Å². The first kappa shape index (κ1) is 18.2. The van der Waals surface area contributed by atoms with Crippen molar-refractivity contribution in [2.75, 3.05) is 28.4 Å². The molecular formula is C19H20O6. The molecule has 0 aliphatic heterocycles. The number of rotatable bonds is 7. The molecule has 132 valence electrons. The smallest absolute Gasteiger partial charge is 0.203 e. The van der Waals surface area contributed by atoms with Gasteiger partial charge in [-0.3, -0.25) is 4.79 Å². The van der Waals surface area contributed by atoms with Gasteiger partial charge in [0.1, 0.15) is 11.5 Å². The molecule has 25 heavy (non-hydrogen) atoms. The van der Waals surface area contributed by atoms with E-state index in [9.17, 15) is 9.90 Å². The minimum absolute atomic E-state index is 0.208. The van der Waals surface area contributed by atoms with Gasteiger partial charge >= 0.3 is 0 Å². The zero-order valence-corrected chi connectivity index (χ0v) is 14.5. The molecule has 0 atom stereocenters. The largest absolute Gasteiger partial charge is 0.507 e. The summed E-state index contributed by atoms with van der Waals surface area (Å²) >= 11 is 0. The highest BCUT2D eigenvalue weighted by molar-refractivity contribution is 6.07. The molecule has 1 N–H and O–H groups in total. The lowest BCUT2D eigenvalue weighted by Crippen LogP contribution is -1.99. The van der Waals surface area contributed by atoms with Gasteiger partial charge in [0.15, 0.2) is 17.3 Å². The molecule has 6 nitrogen and oxygen atoms in total. The van der Waals surface area contributed by atoms with Crippen molar-refractivity contribution in [3.63, 3.8) is 0 Å². The van der Waals surface area contributed by atoms with Crippen LogP contribution in [0.2, 0.25) is 0 Å². The van der Waals surface area contributed by atoms with Crippen LogP contribution in [0.5, 0.6) is 23.0 Å². The molecule has 0 radical (unpaired) electrons. The third-order valence-electron chi connectivity index (χ3n) is 3.60. The Hall–Kier alpha value is -3.15. The van der Waals surface area contributed by atoms with Crippen molar-refractivity contribution in [3.05, 3.63) is 53.6 Å². The molecule has 0 aliphatic carbocycles. The van der Waals surface area contributed by atoms with E-state index in [1.54, 1.807) is 43.5 Å². The highest BCUT2D eigenvalue weighted by atomic mass is 16.5. The third-order valence-corrected chi connectivity index (χ3v) is 3.60. The molecule has 2 aromatic carbocycles. The van der Waals surface area contributed by atoms with Crippen LogP contribution in [0.15, 0.2) is 42.5 Å².